The zero-order chi connectivity index (χ0) is 51.0. The second kappa shape index (κ2) is 17.1. The summed E-state index contributed by atoms with van der Waals surface area (Å²) in [5.74, 6) is 0. The minimum absolute atomic E-state index is 0.0347. The summed E-state index contributed by atoms with van der Waals surface area (Å²) >= 11 is 17.4. The third kappa shape index (κ3) is 9.11. The van der Waals surface area contributed by atoms with Crippen LogP contribution in [0.25, 0.3) is 50.1 Å². The minimum atomic E-state index is -0.0537. The van der Waals surface area contributed by atoms with Crippen LogP contribution in [0, 0.1) is 0 Å². The van der Waals surface area contributed by atoms with E-state index >= 15 is 0 Å². The average Bonchev–Trinajstić information content (AvgIpc) is 3.88. The van der Waals surface area contributed by atoms with Crippen molar-refractivity contribution in [3.05, 3.63) is 189 Å². The summed E-state index contributed by atoms with van der Waals surface area (Å²) in [6.45, 7) is 41.6. The summed E-state index contributed by atoms with van der Waals surface area (Å²) in [5.41, 5.74) is 26.0. The number of rotatable bonds is 4. The maximum Gasteiger partial charge on any atom is 0.0542 e. The Labute approximate surface area is 441 Å². The molecular weight excluding hydrogens is 921 g/mol. The predicted molar refractivity (Wildman–Crippen MR) is 316 cm³/mol. The van der Waals surface area contributed by atoms with Gasteiger partial charge in [0.15, 0.2) is 0 Å². The van der Waals surface area contributed by atoms with E-state index in [4.69, 9.17) is 25.3 Å². The highest BCUT2D eigenvalue weighted by Crippen LogP contribution is 2.59. The Bertz CT molecular complexity index is 2900. The van der Waals surface area contributed by atoms with Crippen molar-refractivity contribution in [3.8, 4) is 33.4 Å². The van der Waals surface area contributed by atoms with E-state index in [1.165, 1.54) is 106 Å². The lowest BCUT2D eigenvalue weighted by atomic mass is 9.85. The van der Waals surface area contributed by atoms with Gasteiger partial charge in [0, 0.05) is 5.57 Å². The second-order valence-corrected chi connectivity index (χ2v) is 29.9. The zero-order valence-corrected chi connectivity index (χ0v) is 48.3. The molecule has 70 heavy (non-hydrogen) atoms. The van der Waals surface area contributed by atoms with E-state index in [0.717, 1.165) is 23.9 Å². The van der Waals surface area contributed by atoms with Crippen molar-refractivity contribution in [1.29, 1.82) is 0 Å². The van der Waals surface area contributed by atoms with Gasteiger partial charge in [0.1, 0.15) is 0 Å². The van der Waals surface area contributed by atoms with E-state index in [1.54, 1.807) is 23.5 Å². The molecule has 0 aromatic heterocycles. The molecule has 0 amide bonds. The maximum absolute atomic E-state index is 6.98. The molecule has 0 unspecified atom stereocenters. The molecule has 0 aliphatic heterocycles. The van der Waals surface area contributed by atoms with Crippen molar-refractivity contribution in [2.75, 3.05) is 0 Å². The highest BCUT2D eigenvalue weighted by atomic mass is 32.2. The Hall–Kier alpha value is -4.32. The van der Waals surface area contributed by atoms with Gasteiger partial charge >= 0.3 is 0 Å². The molecule has 3 aliphatic carbocycles. The number of benzene rings is 6. The van der Waals surface area contributed by atoms with Gasteiger partial charge in [-0.15, -0.1) is 32.0 Å². The largest absolute Gasteiger partial charge is 0.772 e. The monoisotopic (exact) mass is 992 g/mol. The number of hydrogen-bond acceptors (Lipinski definition) is 4. The molecule has 0 heterocycles. The zero-order valence-electron chi connectivity index (χ0n) is 45.0. The van der Waals surface area contributed by atoms with Crippen molar-refractivity contribution < 1.29 is 0 Å². The third-order valence-corrected chi connectivity index (χ3v) is 17.7. The van der Waals surface area contributed by atoms with Crippen LogP contribution in [-0.2, 0) is 57.7 Å². The van der Waals surface area contributed by atoms with E-state index in [9.17, 15) is 0 Å². The first-order valence-electron chi connectivity index (χ1n) is 25.2. The molecule has 9 rings (SSSR count). The van der Waals surface area contributed by atoms with Gasteiger partial charge in [0.25, 0.3) is 0 Å². The molecule has 0 fully saturated rings. The topological polar surface area (TPSA) is 0 Å². The van der Waals surface area contributed by atoms with Gasteiger partial charge < -0.3 is 25.3 Å². The van der Waals surface area contributed by atoms with Crippen LogP contribution in [0.4, 0.5) is 0 Å². The van der Waals surface area contributed by atoms with E-state index in [1.807, 2.05) is 0 Å². The fourth-order valence-electron chi connectivity index (χ4n) is 10.2. The molecule has 3 aliphatic rings. The summed E-state index contributed by atoms with van der Waals surface area (Å²) in [7, 11) is 0. The van der Waals surface area contributed by atoms with Crippen LogP contribution in [0.2, 0.25) is 0 Å². The minimum Gasteiger partial charge on any atom is -0.772 e. The molecule has 6 aromatic carbocycles. The van der Waals surface area contributed by atoms with Gasteiger partial charge in [-0.2, -0.15) is 0 Å². The fraction of sp³-hybridized carbons (Fsp3) is 0.364. The quantitative estimate of drug-likeness (QED) is 0.161. The van der Waals surface area contributed by atoms with Crippen molar-refractivity contribution in [2.24, 2.45) is 0 Å². The molecule has 0 nitrogen and oxygen atoms in total. The predicted octanol–water partition coefficient (Wildman–Crippen LogP) is 19.5. The van der Waals surface area contributed by atoms with Crippen LogP contribution in [0.5, 0.6) is 0 Å². The van der Waals surface area contributed by atoms with E-state index in [-0.39, 0.29) is 32.5 Å². The third-order valence-electron chi connectivity index (χ3n) is 14.8. The SMILES string of the molecule is CC(C)(C)c1ccc2c(c1)C(=C([S-])SC(SC([S-])=C1c3cc(C(C)(C)C)ccc3-c3ccc(C(C)(C)C)cc31)=C1c3cc(C(C)(C)C)ccc3-c3ccc(C(C)(C)C)cc31)c1cc(C(C)(C)C)ccc1-2. The van der Waals surface area contributed by atoms with Crippen LogP contribution in [0.3, 0.4) is 0 Å². The molecule has 0 atom stereocenters. The summed E-state index contributed by atoms with van der Waals surface area (Å²) in [5, 5.41) is 0. The van der Waals surface area contributed by atoms with Crippen molar-refractivity contribution in [2.45, 2.75) is 157 Å². The molecule has 0 bridgehead atoms. The number of hydrogen-bond donors (Lipinski definition) is 0. The first-order valence-corrected chi connectivity index (χ1v) is 27.6. The first kappa shape index (κ1) is 50.6. The van der Waals surface area contributed by atoms with Crippen LogP contribution in [-0.4, -0.2) is 0 Å². The summed E-state index contributed by atoms with van der Waals surface area (Å²) in [6.07, 6.45) is 0. The molecule has 6 aromatic rings. The smallest absolute Gasteiger partial charge is 0.0542 e. The average molecular weight is 994 g/mol. The lowest BCUT2D eigenvalue weighted by Crippen LogP contribution is -2.11. The lowest BCUT2D eigenvalue weighted by molar-refractivity contribution is 0.590. The molecule has 362 valence electrons. The summed E-state index contributed by atoms with van der Waals surface area (Å²) in [6, 6.07) is 42.6. The van der Waals surface area contributed by atoms with Gasteiger partial charge in [-0.3, -0.25) is 0 Å². The molecule has 0 radical (unpaired) electrons. The van der Waals surface area contributed by atoms with Crippen molar-refractivity contribution in [1.82, 2.24) is 0 Å². The Morgan fingerprint density at radius 3 is 0.600 bits per heavy atom. The van der Waals surface area contributed by atoms with Crippen LogP contribution < -0.4 is 0 Å². The van der Waals surface area contributed by atoms with E-state index in [2.05, 4.69) is 234 Å². The lowest BCUT2D eigenvalue weighted by Gasteiger charge is -2.27. The number of fused-ring (bicyclic) bond motifs is 9. The van der Waals surface area contributed by atoms with Crippen LogP contribution >= 0.6 is 23.5 Å². The van der Waals surface area contributed by atoms with Gasteiger partial charge in [-0.1, -0.05) is 222 Å². The van der Waals surface area contributed by atoms with E-state index in [0.29, 0.717) is 0 Å². The van der Waals surface area contributed by atoms with Gasteiger partial charge in [0.05, 0.1) is 4.24 Å². The van der Waals surface area contributed by atoms with Crippen molar-refractivity contribution in [3.63, 3.8) is 0 Å². The molecular formula is C66H72S4-2. The van der Waals surface area contributed by atoms with E-state index < -0.39 is 0 Å². The normalized spacial score (nSPS) is 14.3. The summed E-state index contributed by atoms with van der Waals surface area (Å²) in [4.78, 5) is 0. The maximum atomic E-state index is 6.98. The molecule has 0 N–H and O–H groups in total. The van der Waals surface area contributed by atoms with Crippen LogP contribution in [0.1, 0.15) is 191 Å². The summed E-state index contributed by atoms with van der Waals surface area (Å²) < 4.78 is 2.85. The second-order valence-electron chi connectivity index (χ2n) is 26.3. The fourth-order valence-corrected chi connectivity index (χ4v) is 13.8. The highest BCUT2D eigenvalue weighted by Gasteiger charge is 2.34. The van der Waals surface area contributed by atoms with Gasteiger partial charge in [-0.05, 0) is 156 Å². The molecule has 0 spiro atoms. The standard InChI is InChI=1S/C66H74S4/c1-61(2,3)37-19-25-43-44-26-20-38(62(4,5)6)32-50(44)55(49(43)31-37)58(67)69-60(57-53-35-41(65(13,14)15)23-29-47(53)48-30-24-42(36-54(48)57)66(16,17)18)70-59(68)56-51-33-39(63(7,8)9)21-27-45(51)46-28-22-40(34-52(46)56)64(10,11)12/h19-36,67-68H,1-18H3/p-2. The molecule has 0 saturated carbocycles. The molecule has 0 saturated heterocycles. The highest BCUT2D eigenvalue weighted by molar-refractivity contribution is 8.30. The Balaban J connectivity index is 1.38. The van der Waals surface area contributed by atoms with Crippen molar-refractivity contribution >= 4 is 65.5 Å². The first-order chi connectivity index (χ1) is 32.3. The van der Waals surface area contributed by atoms with Gasteiger partial charge in [0.2, 0.25) is 0 Å². The van der Waals surface area contributed by atoms with Crippen LogP contribution in [0.15, 0.2) is 122 Å². The Kier molecular flexibility index (Phi) is 12.4. The Morgan fingerprint density at radius 1 is 0.257 bits per heavy atom. The Morgan fingerprint density at radius 2 is 0.429 bits per heavy atom. The molecule has 4 heteroatoms. The number of thioether (sulfide) groups is 2. The van der Waals surface area contributed by atoms with Gasteiger partial charge in [-0.25, -0.2) is 0 Å².